The van der Waals surface area contributed by atoms with Crippen LogP contribution in [0.25, 0.3) is 5.57 Å². The van der Waals surface area contributed by atoms with Gasteiger partial charge in [0.25, 0.3) is 11.8 Å². The number of anilines is 3. The highest BCUT2D eigenvalue weighted by molar-refractivity contribution is 6.46. The molecule has 3 aromatic rings. The van der Waals surface area contributed by atoms with Crippen LogP contribution < -0.4 is 19.9 Å². The number of hydrogen-bond donors (Lipinski definition) is 1. The lowest BCUT2D eigenvalue weighted by molar-refractivity contribution is -0.120. The molecule has 2 amide bonds. The van der Waals surface area contributed by atoms with Crippen molar-refractivity contribution >= 4 is 34.4 Å². The molecule has 6 heteroatoms. The minimum Gasteiger partial charge on any atom is -0.497 e. The maximum atomic E-state index is 13.5. The van der Waals surface area contributed by atoms with E-state index in [9.17, 15) is 9.59 Å². The second-order valence-electron chi connectivity index (χ2n) is 8.13. The molecule has 0 aromatic heterocycles. The molecule has 0 atom stereocenters. The van der Waals surface area contributed by atoms with Crippen molar-refractivity contribution in [1.29, 1.82) is 0 Å². The van der Waals surface area contributed by atoms with Crippen LogP contribution in [0.2, 0.25) is 0 Å². The van der Waals surface area contributed by atoms with Gasteiger partial charge in [0.2, 0.25) is 0 Å². The number of nitrogens with zero attached hydrogens (tertiary/aromatic N) is 2. The van der Waals surface area contributed by atoms with E-state index in [0.29, 0.717) is 28.3 Å². The van der Waals surface area contributed by atoms with Crippen molar-refractivity contribution in [1.82, 2.24) is 0 Å². The van der Waals surface area contributed by atoms with E-state index in [1.807, 2.05) is 66.7 Å². The number of carbonyl (C=O) groups excluding carboxylic acids is 2. The van der Waals surface area contributed by atoms with E-state index < -0.39 is 0 Å². The van der Waals surface area contributed by atoms with E-state index in [1.165, 1.54) is 17.7 Å². The van der Waals surface area contributed by atoms with Crippen molar-refractivity contribution in [2.75, 3.05) is 35.3 Å². The second-order valence-corrected chi connectivity index (χ2v) is 8.13. The summed E-state index contributed by atoms with van der Waals surface area (Å²) in [4.78, 5) is 30.6. The number of amides is 2. The lowest BCUT2D eigenvalue weighted by Gasteiger charge is -2.20. The van der Waals surface area contributed by atoms with Gasteiger partial charge in [0.1, 0.15) is 11.4 Å². The van der Waals surface area contributed by atoms with Crippen LogP contribution in [0, 0.1) is 0 Å². The molecular weight excluding hydrogens is 414 g/mol. The number of nitrogens with one attached hydrogen (secondary N) is 1. The molecule has 3 aromatic carbocycles. The summed E-state index contributed by atoms with van der Waals surface area (Å²) in [5.74, 6) is 0.00563. The smallest absolute Gasteiger partial charge is 0.282 e. The minimum absolute atomic E-state index is 0.264. The summed E-state index contributed by atoms with van der Waals surface area (Å²) in [6.07, 6.45) is 2.38. The molecule has 166 valence electrons. The summed E-state index contributed by atoms with van der Waals surface area (Å²) >= 11 is 0. The van der Waals surface area contributed by atoms with Crippen LogP contribution in [0.4, 0.5) is 17.1 Å². The first-order chi connectivity index (χ1) is 16.2. The van der Waals surface area contributed by atoms with Gasteiger partial charge < -0.3 is 15.0 Å². The third-order valence-corrected chi connectivity index (χ3v) is 6.08. The van der Waals surface area contributed by atoms with E-state index in [1.54, 1.807) is 19.2 Å². The number of carbonyl (C=O) groups is 2. The maximum Gasteiger partial charge on any atom is 0.282 e. The average Bonchev–Trinajstić information content (AvgIpc) is 3.47. The molecule has 1 N–H and O–H groups in total. The third-order valence-electron chi connectivity index (χ3n) is 6.08. The van der Waals surface area contributed by atoms with Crippen LogP contribution in [-0.4, -0.2) is 32.0 Å². The predicted octanol–water partition coefficient (Wildman–Crippen LogP) is 4.69. The molecule has 0 saturated carbocycles. The number of hydrogen-bond acceptors (Lipinski definition) is 5. The maximum absolute atomic E-state index is 13.5. The fourth-order valence-corrected chi connectivity index (χ4v) is 4.36. The Balaban J connectivity index is 1.49. The second kappa shape index (κ2) is 8.82. The Morgan fingerprint density at radius 2 is 1.39 bits per heavy atom. The van der Waals surface area contributed by atoms with Gasteiger partial charge in [-0.3, -0.25) is 9.59 Å². The Hall–Kier alpha value is -4.06. The molecule has 6 nitrogen and oxygen atoms in total. The van der Waals surface area contributed by atoms with Crippen LogP contribution in [0.3, 0.4) is 0 Å². The van der Waals surface area contributed by atoms with Crippen molar-refractivity contribution in [3.63, 3.8) is 0 Å². The zero-order valence-electron chi connectivity index (χ0n) is 18.5. The zero-order chi connectivity index (χ0) is 22.8. The standard InChI is InChI=1S/C27H25N3O3/c1-33-23-15-9-20(10-16-23)28-25-24(19-7-3-2-4-8-19)26(31)30(27(25)32)22-13-11-21(12-14-22)29-17-5-6-18-29/h2-4,7-16,28H,5-6,17-18H2,1H3. The van der Waals surface area contributed by atoms with Crippen molar-refractivity contribution in [2.45, 2.75) is 12.8 Å². The van der Waals surface area contributed by atoms with Gasteiger partial charge in [-0.1, -0.05) is 30.3 Å². The van der Waals surface area contributed by atoms with Crippen molar-refractivity contribution < 1.29 is 14.3 Å². The first-order valence-electron chi connectivity index (χ1n) is 11.1. The molecule has 0 radical (unpaired) electrons. The molecule has 0 unspecified atom stereocenters. The van der Waals surface area contributed by atoms with Crippen LogP contribution in [-0.2, 0) is 9.59 Å². The first kappa shape index (κ1) is 20.8. The summed E-state index contributed by atoms with van der Waals surface area (Å²) < 4.78 is 5.22. The molecule has 2 heterocycles. The Bertz CT molecular complexity index is 1200. The highest BCUT2D eigenvalue weighted by Crippen LogP contribution is 2.35. The Kier molecular flexibility index (Phi) is 5.57. The fourth-order valence-electron chi connectivity index (χ4n) is 4.36. The molecule has 0 bridgehead atoms. The van der Waals surface area contributed by atoms with Crippen LogP contribution in [0.1, 0.15) is 18.4 Å². The molecule has 33 heavy (non-hydrogen) atoms. The van der Waals surface area contributed by atoms with Crippen molar-refractivity contribution in [2.24, 2.45) is 0 Å². The first-order valence-corrected chi connectivity index (χ1v) is 11.1. The van der Waals surface area contributed by atoms with Gasteiger partial charge in [0.05, 0.1) is 18.4 Å². The molecule has 2 aliphatic heterocycles. The molecule has 1 saturated heterocycles. The van der Waals surface area contributed by atoms with E-state index in [0.717, 1.165) is 18.8 Å². The van der Waals surface area contributed by atoms with Gasteiger partial charge in [-0.2, -0.15) is 0 Å². The Morgan fingerprint density at radius 1 is 0.758 bits per heavy atom. The topological polar surface area (TPSA) is 61.9 Å². The summed E-state index contributed by atoms with van der Waals surface area (Å²) in [6, 6.07) is 24.2. The highest BCUT2D eigenvalue weighted by Gasteiger charge is 2.40. The van der Waals surface area contributed by atoms with E-state index in [4.69, 9.17) is 4.74 Å². The molecule has 2 aliphatic rings. The summed E-state index contributed by atoms with van der Waals surface area (Å²) in [7, 11) is 1.60. The Labute approximate surface area is 193 Å². The Morgan fingerprint density at radius 3 is 2.03 bits per heavy atom. The highest BCUT2D eigenvalue weighted by atomic mass is 16.5. The van der Waals surface area contributed by atoms with Crippen molar-refractivity contribution in [3.05, 3.63) is 90.1 Å². The van der Waals surface area contributed by atoms with E-state index in [2.05, 4.69) is 10.2 Å². The largest absolute Gasteiger partial charge is 0.497 e. The monoisotopic (exact) mass is 439 g/mol. The summed E-state index contributed by atoms with van der Waals surface area (Å²) in [6.45, 7) is 2.08. The van der Waals surface area contributed by atoms with E-state index in [-0.39, 0.29) is 17.5 Å². The number of benzene rings is 3. The van der Waals surface area contributed by atoms with Gasteiger partial charge >= 0.3 is 0 Å². The molecule has 1 fully saturated rings. The van der Waals surface area contributed by atoms with Crippen molar-refractivity contribution in [3.8, 4) is 5.75 Å². The number of ether oxygens (including phenoxy) is 1. The van der Waals surface area contributed by atoms with Gasteiger partial charge in [0.15, 0.2) is 0 Å². The van der Waals surface area contributed by atoms with Gasteiger partial charge in [0, 0.05) is 24.5 Å². The van der Waals surface area contributed by atoms with Gasteiger partial charge in [-0.25, -0.2) is 4.90 Å². The van der Waals surface area contributed by atoms with Crippen LogP contribution in [0.15, 0.2) is 84.6 Å². The van der Waals surface area contributed by atoms with Crippen LogP contribution >= 0.6 is 0 Å². The van der Waals surface area contributed by atoms with E-state index >= 15 is 0 Å². The predicted molar refractivity (Wildman–Crippen MR) is 130 cm³/mol. The molecule has 0 aliphatic carbocycles. The fraction of sp³-hybridized carbons (Fsp3) is 0.185. The number of methoxy groups -OCH3 is 1. The lowest BCUT2D eigenvalue weighted by atomic mass is 10.0. The zero-order valence-corrected chi connectivity index (χ0v) is 18.5. The molecular formula is C27H25N3O3. The summed E-state index contributed by atoms with van der Waals surface area (Å²) in [5.41, 5.74) is 3.70. The van der Waals surface area contributed by atoms with Crippen LogP contribution in [0.5, 0.6) is 5.75 Å². The van der Waals surface area contributed by atoms with Gasteiger partial charge in [-0.15, -0.1) is 0 Å². The number of rotatable bonds is 6. The normalized spacial score (nSPS) is 16.0. The summed E-state index contributed by atoms with van der Waals surface area (Å²) in [5, 5.41) is 3.18. The SMILES string of the molecule is COc1ccc(NC2=C(c3ccccc3)C(=O)N(c3ccc(N4CCCC4)cc3)C2=O)cc1. The molecule has 0 spiro atoms. The average molecular weight is 440 g/mol. The van der Waals surface area contributed by atoms with Gasteiger partial charge in [-0.05, 0) is 66.9 Å². The minimum atomic E-state index is -0.372. The number of imide groups is 1. The third kappa shape index (κ3) is 3.96. The molecule has 5 rings (SSSR count). The quantitative estimate of drug-likeness (QED) is 0.565. The lowest BCUT2D eigenvalue weighted by Crippen LogP contribution is -2.32.